The second-order valence-corrected chi connectivity index (χ2v) is 7.96. The van der Waals surface area contributed by atoms with Crippen LogP contribution in [0.2, 0.25) is 5.02 Å². The molecule has 4 rings (SSSR count). The van der Waals surface area contributed by atoms with Gasteiger partial charge in [-0.25, -0.2) is 0 Å². The van der Waals surface area contributed by atoms with Gasteiger partial charge in [0.25, 0.3) is 0 Å². The fourth-order valence-electron chi connectivity index (χ4n) is 3.64. The van der Waals surface area contributed by atoms with E-state index in [1.807, 2.05) is 24.3 Å². The molecule has 0 spiro atoms. The Morgan fingerprint density at radius 3 is 2.24 bits per heavy atom. The molecular formula is C25H22ClN3O4. The van der Waals surface area contributed by atoms with Crippen molar-refractivity contribution in [3.8, 4) is 5.75 Å². The van der Waals surface area contributed by atoms with Gasteiger partial charge < -0.3 is 10.1 Å². The van der Waals surface area contributed by atoms with Crippen molar-refractivity contribution in [3.63, 3.8) is 0 Å². The lowest BCUT2D eigenvalue weighted by Gasteiger charge is -2.15. The number of methoxy groups -OCH3 is 1. The fraction of sp³-hybridized carbons (Fsp3) is 0.160. The highest BCUT2D eigenvalue weighted by Gasteiger charge is 2.15. The van der Waals surface area contributed by atoms with Crippen molar-refractivity contribution in [2.45, 2.75) is 19.6 Å². The van der Waals surface area contributed by atoms with Crippen molar-refractivity contribution in [1.82, 2.24) is 14.5 Å². The first-order valence-electron chi connectivity index (χ1n) is 10.3. The molecule has 7 nitrogen and oxygen atoms in total. The van der Waals surface area contributed by atoms with Crippen molar-refractivity contribution < 1.29 is 9.53 Å². The van der Waals surface area contributed by atoms with Gasteiger partial charge in [0.1, 0.15) is 12.3 Å². The van der Waals surface area contributed by atoms with Gasteiger partial charge in [0.05, 0.1) is 24.7 Å². The third-order valence-electron chi connectivity index (χ3n) is 5.32. The molecule has 0 bridgehead atoms. The molecule has 3 aromatic carbocycles. The van der Waals surface area contributed by atoms with Crippen LogP contribution in [0.3, 0.4) is 0 Å². The number of rotatable bonds is 7. The Balaban J connectivity index is 1.62. The molecular weight excluding hydrogens is 442 g/mol. The number of nitrogens with zero attached hydrogens (tertiary/aromatic N) is 2. The molecule has 0 saturated carbocycles. The molecule has 1 heterocycles. The lowest BCUT2D eigenvalue weighted by atomic mass is 10.2. The van der Waals surface area contributed by atoms with Crippen molar-refractivity contribution in [2.24, 2.45) is 0 Å². The van der Waals surface area contributed by atoms with Crippen LogP contribution in [-0.2, 0) is 24.4 Å². The Labute approximate surface area is 194 Å². The summed E-state index contributed by atoms with van der Waals surface area (Å²) in [5, 5.41) is 3.38. The Bertz CT molecular complexity index is 1420. The molecule has 1 amide bonds. The van der Waals surface area contributed by atoms with Crippen molar-refractivity contribution in [2.75, 3.05) is 7.11 Å². The van der Waals surface area contributed by atoms with Crippen LogP contribution in [0.4, 0.5) is 0 Å². The van der Waals surface area contributed by atoms with E-state index in [9.17, 15) is 14.4 Å². The summed E-state index contributed by atoms with van der Waals surface area (Å²) in [7, 11) is 1.57. The first-order valence-corrected chi connectivity index (χ1v) is 10.7. The number of halogens is 1. The van der Waals surface area contributed by atoms with E-state index in [1.54, 1.807) is 55.6 Å². The third kappa shape index (κ3) is 4.99. The highest BCUT2D eigenvalue weighted by molar-refractivity contribution is 6.30. The number of hydrogen-bond donors (Lipinski definition) is 1. The number of benzene rings is 3. The summed E-state index contributed by atoms with van der Waals surface area (Å²) in [6, 6.07) is 21.5. The van der Waals surface area contributed by atoms with E-state index < -0.39 is 11.1 Å². The number of ether oxygens (including phenoxy) is 1. The van der Waals surface area contributed by atoms with Gasteiger partial charge in [0, 0.05) is 11.6 Å². The zero-order valence-electron chi connectivity index (χ0n) is 18.0. The molecule has 1 aromatic heterocycles. The molecule has 0 fully saturated rings. The van der Waals surface area contributed by atoms with Crippen LogP contribution in [0.1, 0.15) is 11.1 Å². The van der Waals surface area contributed by atoms with Gasteiger partial charge in [-0.15, -0.1) is 0 Å². The number of aromatic nitrogens is 2. The Hall–Kier alpha value is -3.84. The average molecular weight is 464 g/mol. The number of carbonyl (C=O) groups is 1. The molecule has 0 aliphatic heterocycles. The molecule has 0 aliphatic carbocycles. The first-order chi connectivity index (χ1) is 16.0. The van der Waals surface area contributed by atoms with Gasteiger partial charge in [0.2, 0.25) is 5.91 Å². The van der Waals surface area contributed by atoms with Crippen LogP contribution in [0, 0.1) is 0 Å². The van der Waals surface area contributed by atoms with E-state index in [4.69, 9.17) is 16.3 Å². The van der Waals surface area contributed by atoms with Gasteiger partial charge in [-0.05, 0) is 47.5 Å². The minimum Gasteiger partial charge on any atom is -0.497 e. The van der Waals surface area contributed by atoms with E-state index in [2.05, 4.69) is 5.32 Å². The second-order valence-electron chi connectivity index (χ2n) is 7.53. The fourth-order valence-corrected chi connectivity index (χ4v) is 3.77. The standard InChI is InChI=1S/C25H22ClN3O4/c1-33-20-6-4-5-18(13-20)14-27-23(30)16-29-22-8-3-2-7-21(22)28(24(31)25(29)32)15-17-9-11-19(26)12-10-17/h2-13H,14-16H2,1H3,(H,27,30). The first kappa shape index (κ1) is 22.4. The maximum atomic E-state index is 13.0. The van der Waals surface area contributed by atoms with E-state index >= 15 is 0 Å². The normalized spacial score (nSPS) is 10.8. The SMILES string of the molecule is COc1cccc(CNC(=O)Cn2c(=O)c(=O)n(Cc3ccc(Cl)cc3)c3ccccc32)c1. The van der Waals surface area contributed by atoms with Crippen molar-refractivity contribution in [1.29, 1.82) is 0 Å². The molecule has 33 heavy (non-hydrogen) atoms. The summed E-state index contributed by atoms with van der Waals surface area (Å²) < 4.78 is 7.83. The van der Waals surface area contributed by atoms with Gasteiger partial charge in [-0.2, -0.15) is 0 Å². The number of fused-ring (bicyclic) bond motifs is 1. The zero-order chi connectivity index (χ0) is 23.4. The molecule has 0 saturated heterocycles. The molecule has 4 aromatic rings. The van der Waals surface area contributed by atoms with Crippen molar-refractivity contribution in [3.05, 3.63) is 110 Å². The molecule has 0 radical (unpaired) electrons. The predicted molar refractivity (Wildman–Crippen MR) is 128 cm³/mol. The summed E-state index contributed by atoms with van der Waals surface area (Å²) in [4.78, 5) is 38.5. The number of carbonyl (C=O) groups excluding carboxylic acids is 1. The number of amides is 1. The maximum absolute atomic E-state index is 13.0. The highest BCUT2D eigenvalue weighted by Crippen LogP contribution is 2.15. The third-order valence-corrected chi connectivity index (χ3v) is 5.57. The predicted octanol–water partition coefficient (Wildman–Crippen LogP) is 3.19. The van der Waals surface area contributed by atoms with Gasteiger partial charge >= 0.3 is 11.1 Å². The summed E-state index contributed by atoms with van der Waals surface area (Å²) >= 11 is 5.95. The number of para-hydroxylation sites is 2. The average Bonchev–Trinajstić information content (AvgIpc) is 2.84. The van der Waals surface area contributed by atoms with E-state index in [-0.39, 0.29) is 25.5 Å². The topological polar surface area (TPSA) is 82.3 Å². The van der Waals surface area contributed by atoms with Crippen LogP contribution in [0.5, 0.6) is 5.75 Å². The minimum absolute atomic E-state index is 0.217. The van der Waals surface area contributed by atoms with Gasteiger partial charge in [-0.1, -0.05) is 48.0 Å². The Kier molecular flexibility index (Phi) is 6.60. The van der Waals surface area contributed by atoms with Crippen LogP contribution in [-0.4, -0.2) is 22.2 Å². The molecule has 1 N–H and O–H groups in total. The molecule has 0 unspecified atom stereocenters. The molecule has 8 heteroatoms. The summed E-state index contributed by atoms with van der Waals surface area (Å²) in [6.07, 6.45) is 0. The largest absolute Gasteiger partial charge is 0.497 e. The van der Waals surface area contributed by atoms with Crippen molar-refractivity contribution >= 4 is 28.5 Å². The van der Waals surface area contributed by atoms with Gasteiger partial charge in [-0.3, -0.25) is 23.5 Å². The van der Waals surface area contributed by atoms with E-state index in [0.29, 0.717) is 21.8 Å². The maximum Gasteiger partial charge on any atom is 0.317 e. The van der Waals surface area contributed by atoms with E-state index in [1.165, 1.54) is 9.13 Å². The van der Waals surface area contributed by atoms with Crippen LogP contribution < -0.4 is 21.2 Å². The summed E-state index contributed by atoms with van der Waals surface area (Å²) in [5.41, 5.74) is 1.33. The smallest absolute Gasteiger partial charge is 0.317 e. The lowest BCUT2D eigenvalue weighted by Crippen LogP contribution is -2.44. The molecule has 0 aliphatic rings. The number of hydrogen-bond acceptors (Lipinski definition) is 4. The van der Waals surface area contributed by atoms with Crippen LogP contribution >= 0.6 is 11.6 Å². The minimum atomic E-state index is -0.751. The monoisotopic (exact) mass is 463 g/mol. The Morgan fingerprint density at radius 1 is 0.879 bits per heavy atom. The van der Waals surface area contributed by atoms with E-state index in [0.717, 1.165) is 11.1 Å². The quantitative estimate of drug-likeness (QED) is 0.427. The second kappa shape index (κ2) is 9.75. The van der Waals surface area contributed by atoms with Gasteiger partial charge in [0.15, 0.2) is 0 Å². The molecule has 0 atom stereocenters. The lowest BCUT2D eigenvalue weighted by molar-refractivity contribution is -0.121. The summed E-state index contributed by atoms with van der Waals surface area (Å²) in [5.74, 6) is 0.313. The zero-order valence-corrected chi connectivity index (χ0v) is 18.7. The highest BCUT2D eigenvalue weighted by atomic mass is 35.5. The Morgan fingerprint density at radius 2 is 1.55 bits per heavy atom. The van der Waals surface area contributed by atoms with Crippen LogP contribution in [0.25, 0.3) is 11.0 Å². The molecule has 168 valence electrons. The summed E-state index contributed by atoms with van der Waals surface area (Å²) in [6.45, 7) is 0.228. The van der Waals surface area contributed by atoms with Crippen LogP contribution in [0.15, 0.2) is 82.4 Å². The number of nitrogens with one attached hydrogen (secondary N) is 1.